The summed E-state index contributed by atoms with van der Waals surface area (Å²) < 4.78 is 0. The van der Waals surface area contributed by atoms with Gasteiger partial charge < -0.3 is 5.32 Å². The van der Waals surface area contributed by atoms with Crippen LogP contribution in [0.5, 0.6) is 0 Å². The van der Waals surface area contributed by atoms with Gasteiger partial charge in [-0.3, -0.25) is 19.3 Å². The zero-order chi connectivity index (χ0) is 17.1. The third-order valence-corrected chi connectivity index (χ3v) is 3.89. The number of carbonyl (C=O) groups is 3. The van der Waals surface area contributed by atoms with Crippen molar-refractivity contribution in [1.29, 1.82) is 0 Å². The summed E-state index contributed by atoms with van der Waals surface area (Å²) >= 11 is 0. The number of hydrogen-bond donors (Lipinski definition) is 1. The normalized spacial score (nSPS) is 14.7. The lowest BCUT2D eigenvalue weighted by Crippen LogP contribution is -2.34. The highest BCUT2D eigenvalue weighted by Crippen LogP contribution is 2.12. The van der Waals surface area contributed by atoms with E-state index in [2.05, 4.69) is 5.32 Å². The molecule has 5 heteroatoms. The first-order valence-corrected chi connectivity index (χ1v) is 7.82. The molecule has 22 heavy (non-hydrogen) atoms. The van der Waals surface area contributed by atoms with E-state index in [1.165, 1.54) is 0 Å². The van der Waals surface area contributed by atoms with Gasteiger partial charge in [0.1, 0.15) is 17.9 Å². The number of Topliss-reactive ketones (excluding diaryl/α,β-unsaturated/α-hetero) is 2. The van der Waals surface area contributed by atoms with Crippen molar-refractivity contribution in [3.8, 4) is 0 Å². The first kappa shape index (κ1) is 20.7. The summed E-state index contributed by atoms with van der Waals surface area (Å²) in [5, 5.41) is 2.99. The first-order valence-electron chi connectivity index (χ1n) is 7.82. The number of unbranched alkanes of at least 4 members (excludes halogenated alkanes) is 1. The van der Waals surface area contributed by atoms with Crippen LogP contribution in [-0.2, 0) is 14.4 Å². The molecular formula is C17H30N2O3. The van der Waals surface area contributed by atoms with Crippen LogP contribution in [0.1, 0.15) is 46.0 Å². The van der Waals surface area contributed by atoms with E-state index in [1.54, 1.807) is 20.9 Å². The fourth-order valence-electron chi connectivity index (χ4n) is 2.50. The monoisotopic (exact) mass is 310 g/mol. The van der Waals surface area contributed by atoms with E-state index in [1.807, 2.05) is 25.1 Å². The molecule has 0 saturated carbocycles. The van der Waals surface area contributed by atoms with Crippen LogP contribution in [-0.4, -0.2) is 56.0 Å². The van der Waals surface area contributed by atoms with E-state index in [-0.39, 0.29) is 23.7 Å². The minimum atomic E-state index is -0.144. The third kappa shape index (κ3) is 8.20. The number of rotatable bonds is 12. The molecule has 5 nitrogen and oxygen atoms in total. The zero-order valence-electron chi connectivity index (χ0n) is 14.5. The van der Waals surface area contributed by atoms with E-state index in [0.29, 0.717) is 12.8 Å². The Balaban J connectivity index is 4.32. The summed E-state index contributed by atoms with van der Waals surface area (Å²) in [6.45, 7) is 3.16. The van der Waals surface area contributed by atoms with Gasteiger partial charge in [-0.05, 0) is 72.7 Å². The molecule has 0 aliphatic heterocycles. The molecule has 2 atom stereocenters. The predicted octanol–water partition coefficient (Wildman–Crippen LogP) is 1.76. The molecule has 2 unspecified atom stereocenters. The molecule has 0 fully saturated rings. The summed E-state index contributed by atoms with van der Waals surface area (Å²) in [6.07, 6.45) is 6.44. The number of nitrogens with zero attached hydrogens (tertiary/aromatic N) is 1. The summed E-state index contributed by atoms with van der Waals surface area (Å²) in [4.78, 5) is 35.8. The lowest BCUT2D eigenvalue weighted by molar-refractivity contribution is -0.121. The third-order valence-electron chi connectivity index (χ3n) is 3.89. The summed E-state index contributed by atoms with van der Waals surface area (Å²) in [6, 6.07) is -0.251. The van der Waals surface area contributed by atoms with Crippen LogP contribution in [0, 0.1) is 0 Å². The summed E-state index contributed by atoms with van der Waals surface area (Å²) in [5.41, 5.74) is 0.733. The van der Waals surface area contributed by atoms with Crippen LogP contribution in [0.3, 0.4) is 0 Å². The van der Waals surface area contributed by atoms with E-state index >= 15 is 0 Å². The Bertz CT molecular complexity index is 403. The van der Waals surface area contributed by atoms with Crippen molar-refractivity contribution < 1.29 is 14.4 Å². The largest absolute Gasteiger partial charge is 0.311 e. The number of aldehydes is 1. The molecule has 0 aromatic carbocycles. The lowest BCUT2D eigenvalue weighted by atomic mass is 10.0. The second-order valence-corrected chi connectivity index (χ2v) is 5.91. The minimum Gasteiger partial charge on any atom is -0.311 e. The van der Waals surface area contributed by atoms with Crippen LogP contribution >= 0.6 is 0 Å². The Kier molecular flexibility index (Phi) is 10.6. The second kappa shape index (κ2) is 11.3. The van der Waals surface area contributed by atoms with Gasteiger partial charge in [0.15, 0.2) is 0 Å². The van der Waals surface area contributed by atoms with Gasteiger partial charge in [0, 0.05) is 0 Å². The molecule has 0 spiro atoms. The smallest absolute Gasteiger partial charge is 0.146 e. The van der Waals surface area contributed by atoms with Crippen LogP contribution in [0.25, 0.3) is 0 Å². The average molecular weight is 310 g/mol. The Labute approximate surface area is 134 Å². The fraction of sp³-hybridized carbons (Fsp3) is 0.706. The van der Waals surface area contributed by atoms with Gasteiger partial charge in [0.2, 0.25) is 0 Å². The highest BCUT2D eigenvalue weighted by molar-refractivity contribution is 5.82. The second-order valence-electron chi connectivity index (χ2n) is 5.91. The molecule has 0 bridgehead atoms. The van der Waals surface area contributed by atoms with E-state index < -0.39 is 0 Å². The molecule has 0 saturated heterocycles. The maximum atomic E-state index is 11.5. The zero-order valence-corrected chi connectivity index (χ0v) is 14.5. The summed E-state index contributed by atoms with van der Waals surface area (Å²) in [7, 11) is 5.52. The molecule has 0 aliphatic carbocycles. The highest BCUT2D eigenvalue weighted by atomic mass is 16.1. The number of nitrogens with one attached hydrogen (secondary N) is 1. The summed E-state index contributed by atoms with van der Waals surface area (Å²) in [5.74, 6) is 0.256. The van der Waals surface area contributed by atoms with Crippen molar-refractivity contribution in [3.63, 3.8) is 0 Å². The van der Waals surface area contributed by atoms with Crippen LogP contribution in [0.4, 0.5) is 0 Å². The quantitative estimate of drug-likeness (QED) is 0.338. The van der Waals surface area contributed by atoms with Crippen LogP contribution in [0.15, 0.2) is 11.6 Å². The van der Waals surface area contributed by atoms with Gasteiger partial charge in [0.25, 0.3) is 0 Å². The van der Waals surface area contributed by atoms with Gasteiger partial charge in [-0.2, -0.15) is 0 Å². The van der Waals surface area contributed by atoms with Gasteiger partial charge >= 0.3 is 0 Å². The molecule has 1 N–H and O–H groups in total. The van der Waals surface area contributed by atoms with Gasteiger partial charge in [-0.15, -0.1) is 0 Å². The maximum Gasteiger partial charge on any atom is 0.146 e. The topological polar surface area (TPSA) is 66.5 Å². The molecule has 0 rings (SSSR count). The molecule has 126 valence electrons. The molecule has 0 amide bonds. The van der Waals surface area contributed by atoms with Crippen molar-refractivity contribution in [3.05, 3.63) is 11.6 Å². The highest BCUT2D eigenvalue weighted by Gasteiger charge is 2.16. The van der Waals surface area contributed by atoms with Crippen LogP contribution < -0.4 is 5.32 Å². The van der Waals surface area contributed by atoms with Crippen molar-refractivity contribution in [2.24, 2.45) is 0 Å². The number of likely N-dealkylation sites (N-methyl/N-ethyl adjacent to an activating group) is 2. The molecular weight excluding hydrogens is 280 g/mol. The molecule has 0 aromatic rings. The molecule has 0 heterocycles. The predicted molar refractivity (Wildman–Crippen MR) is 88.9 cm³/mol. The Hall–Kier alpha value is -1.33. The minimum absolute atomic E-state index is 0.107. The maximum absolute atomic E-state index is 11.5. The molecule has 0 aliphatic rings. The standard InChI is InChI=1S/C17H30N2O3/c1-13(21)16(18-3)9-7-6-8-15(12-20)10-11-17(14(2)22)19(4)5/h8,12,16-18H,6-7,9-11H2,1-5H3/b15-8-. The number of carbonyl (C=O) groups excluding carboxylic acids is 3. The van der Waals surface area contributed by atoms with Crippen molar-refractivity contribution in [2.45, 2.75) is 58.0 Å². The van der Waals surface area contributed by atoms with Crippen molar-refractivity contribution in [2.75, 3.05) is 21.1 Å². The Morgan fingerprint density at radius 3 is 2.18 bits per heavy atom. The number of ketones is 2. The Morgan fingerprint density at radius 2 is 1.77 bits per heavy atom. The number of allylic oxidation sites excluding steroid dienone is 2. The van der Waals surface area contributed by atoms with E-state index in [4.69, 9.17) is 0 Å². The lowest BCUT2D eigenvalue weighted by Gasteiger charge is -2.21. The van der Waals surface area contributed by atoms with Gasteiger partial charge in [-0.25, -0.2) is 0 Å². The fourth-order valence-corrected chi connectivity index (χ4v) is 2.50. The first-order chi connectivity index (χ1) is 10.3. The van der Waals surface area contributed by atoms with Crippen molar-refractivity contribution in [1.82, 2.24) is 10.2 Å². The SMILES string of the molecule is CNC(CCC/C=C(\C=O)CCC(C(C)=O)N(C)C)C(C)=O. The van der Waals surface area contributed by atoms with Crippen molar-refractivity contribution >= 4 is 17.9 Å². The van der Waals surface area contributed by atoms with E-state index in [9.17, 15) is 14.4 Å². The van der Waals surface area contributed by atoms with Crippen LogP contribution in [0.2, 0.25) is 0 Å². The van der Waals surface area contributed by atoms with Gasteiger partial charge in [0.05, 0.1) is 12.1 Å². The average Bonchev–Trinajstić information content (AvgIpc) is 2.44. The Morgan fingerprint density at radius 1 is 1.14 bits per heavy atom. The molecule has 0 aromatic heterocycles. The number of hydrogen-bond acceptors (Lipinski definition) is 5. The molecule has 0 radical (unpaired) electrons. The van der Waals surface area contributed by atoms with Gasteiger partial charge in [-0.1, -0.05) is 6.08 Å². The van der Waals surface area contributed by atoms with E-state index in [0.717, 1.165) is 31.1 Å².